The van der Waals surface area contributed by atoms with Gasteiger partial charge in [-0.1, -0.05) is 24.3 Å². The Kier molecular flexibility index (Phi) is 5.40. The highest BCUT2D eigenvalue weighted by Crippen LogP contribution is 2.28. The number of rotatable bonds is 3. The maximum atomic E-state index is 11.3. The van der Waals surface area contributed by atoms with E-state index in [0.29, 0.717) is 5.56 Å². The first-order chi connectivity index (χ1) is 9.08. The number of hydrogen-bond donors (Lipinski definition) is 3. The molecule has 2 rings (SSSR count). The van der Waals surface area contributed by atoms with Gasteiger partial charge in [0, 0.05) is 0 Å². The number of phenolic OH excluding ortho intramolecular Hbond substituents is 2. The topological polar surface area (TPSA) is 81.0 Å². The highest BCUT2D eigenvalue weighted by Gasteiger charge is 2.17. The van der Waals surface area contributed by atoms with Gasteiger partial charge in [-0.15, -0.1) is 17.0 Å². The Morgan fingerprint density at radius 1 is 1.05 bits per heavy atom. The van der Waals surface area contributed by atoms with E-state index in [1.54, 1.807) is 24.3 Å². The Labute approximate surface area is 126 Å². The molecule has 20 heavy (non-hydrogen) atoms. The number of phenols is 2. The molecule has 0 fully saturated rings. The minimum atomic E-state index is -1.18. The summed E-state index contributed by atoms with van der Waals surface area (Å²) >= 11 is 0. The van der Waals surface area contributed by atoms with Gasteiger partial charge in [-0.25, -0.2) is 4.79 Å². The van der Waals surface area contributed by atoms with Crippen molar-refractivity contribution in [2.45, 2.75) is 6.54 Å². The summed E-state index contributed by atoms with van der Waals surface area (Å²) < 4.78 is 0. The molecule has 0 saturated heterocycles. The second-order valence-corrected chi connectivity index (χ2v) is 4.03. The Morgan fingerprint density at radius 2 is 1.75 bits per heavy atom. The summed E-state index contributed by atoms with van der Waals surface area (Å²) in [7, 11) is 0. The van der Waals surface area contributed by atoms with E-state index in [9.17, 15) is 20.1 Å². The highest BCUT2D eigenvalue weighted by atomic mass is 79.9. The molecule has 0 atom stereocenters. The third kappa shape index (κ3) is 3.64. The normalized spacial score (nSPS) is 9.60. The average Bonchev–Trinajstić information content (AvgIpc) is 2.37. The van der Waals surface area contributed by atoms with Crippen LogP contribution in [0.5, 0.6) is 11.5 Å². The molecule has 2 aromatic rings. The summed E-state index contributed by atoms with van der Waals surface area (Å²) in [4.78, 5) is 12.3. The molecule has 6 heteroatoms. The minimum absolute atomic E-state index is 0. The van der Waals surface area contributed by atoms with E-state index in [2.05, 4.69) is 0 Å². The van der Waals surface area contributed by atoms with E-state index in [-0.39, 0.29) is 40.7 Å². The Hall–Kier alpha value is -2.21. The van der Waals surface area contributed by atoms with Crippen molar-refractivity contribution in [1.82, 2.24) is 0 Å². The molecule has 0 radical (unpaired) electrons. The van der Waals surface area contributed by atoms with Crippen LogP contribution in [0.1, 0.15) is 5.56 Å². The van der Waals surface area contributed by atoms with E-state index in [4.69, 9.17) is 0 Å². The second-order valence-electron chi connectivity index (χ2n) is 4.03. The molecule has 5 nitrogen and oxygen atoms in total. The fraction of sp³-hybridized carbons (Fsp3) is 0.0714. The van der Waals surface area contributed by atoms with Gasteiger partial charge in [0.15, 0.2) is 0 Å². The lowest BCUT2D eigenvalue weighted by Gasteiger charge is -2.20. The van der Waals surface area contributed by atoms with Crippen molar-refractivity contribution in [2.24, 2.45) is 0 Å². The van der Waals surface area contributed by atoms with Crippen LogP contribution in [0.25, 0.3) is 0 Å². The number of carboxylic acid groups (broad SMARTS) is 1. The molecule has 3 N–H and O–H groups in total. The lowest BCUT2D eigenvalue weighted by molar-refractivity contribution is 0.201. The number of hydrogen-bond acceptors (Lipinski definition) is 3. The fourth-order valence-corrected chi connectivity index (χ4v) is 1.79. The molecule has 0 unspecified atom stereocenters. The van der Waals surface area contributed by atoms with E-state index in [1.165, 1.54) is 24.3 Å². The molecular weight excluding hydrogens is 326 g/mol. The van der Waals surface area contributed by atoms with Gasteiger partial charge in [-0.3, -0.25) is 4.90 Å². The molecule has 0 aliphatic rings. The Morgan fingerprint density at radius 3 is 2.35 bits per heavy atom. The molecule has 1 amide bonds. The fourth-order valence-electron chi connectivity index (χ4n) is 1.79. The molecule has 0 aliphatic heterocycles. The number of carbonyl (C=O) groups is 1. The zero-order valence-corrected chi connectivity index (χ0v) is 12.1. The molecule has 0 saturated carbocycles. The highest BCUT2D eigenvalue weighted by molar-refractivity contribution is 8.93. The zero-order valence-electron chi connectivity index (χ0n) is 10.4. The van der Waals surface area contributed by atoms with Crippen molar-refractivity contribution >= 4 is 28.8 Å². The van der Waals surface area contributed by atoms with Gasteiger partial charge in [0.2, 0.25) is 0 Å². The van der Waals surface area contributed by atoms with Crippen LogP contribution >= 0.6 is 17.0 Å². The average molecular weight is 340 g/mol. The Balaban J connectivity index is 0.00000200. The summed E-state index contributed by atoms with van der Waals surface area (Å²) in [6, 6.07) is 12.5. The minimum Gasteiger partial charge on any atom is -0.508 e. The van der Waals surface area contributed by atoms with E-state index < -0.39 is 6.09 Å². The van der Waals surface area contributed by atoms with Crippen LogP contribution in [0.3, 0.4) is 0 Å². The summed E-state index contributed by atoms with van der Waals surface area (Å²) in [5.74, 6) is -0.0369. The predicted octanol–water partition coefficient (Wildman–Crippen LogP) is 3.36. The van der Waals surface area contributed by atoms with E-state index >= 15 is 0 Å². The van der Waals surface area contributed by atoms with Crippen molar-refractivity contribution in [3.63, 3.8) is 0 Å². The molecule has 0 heterocycles. The summed E-state index contributed by atoms with van der Waals surface area (Å²) in [6.45, 7) is 0.0430. The van der Waals surface area contributed by atoms with Gasteiger partial charge in [0.25, 0.3) is 0 Å². The van der Waals surface area contributed by atoms with Crippen LogP contribution < -0.4 is 4.90 Å². The summed E-state index contributed by atoms with van der Waals surface area (Å²) in [5.41, 5.74) is 0.837. The number of amides is 1. The van der Waals surface area contributed by atoms with Gasteiger partial charge in [-0.05, 0) is 29.8 Å². The van der Waals surface area contributed by atoms with Crippen LogP contribution in [0.4, 0.5) is 10.5 Å². The number of anilines is 1. The zero-order chi connectivity index (χ0) is 13.8. The number of aromatic hydroxyl groups is 2. The third-order valence-corrected chi connectivity index (χ3v) is 2.65. The quantitative estimate of drug-likeness (QED) is 0.800. The van der Waals surface area contributed by atoms with Gasteiger partial charge in [0.1, 0.15) is 11.5 Å². The first kappa shape index (κ1) is 15.8. The second kappa shape index (κ2) is 6.81. The SMILES string of the molecule is Br.O=C(O)N(Cc1cccc(O)c1)c1ccccc1O. The van der Waals surface area contributed by atoms with Crippen molar-refractivity contribution in [1.29, 1.82) is 0 Å². The van der Waals surface area contributed by atoms with Gasteiger partial charge >= 0.3 is 6.09 Å². The summed E-state index contributed by atoms with van der Waals surface area (Å²) in [6.07, 6.45) is -1.18. The largest absolute Gasteiger partial charge is 0.508 e. The number of nitrogens with zero attached hydrogens (tertiary/aromatic N) is 1. The molecule has 0 aliphatic carbocycles. The lowest BCUT2D eigenvalue weighted by atomic mass is 10.2. The third-order valence-electron chi connectivity index (χ3n) is 2.65. The van der Waals surface area contributed by atoms with Crippen LogP contribution in [0, 0.1) is 0 Å². The van der Waals surface area contributed by atoms with Gasteiger partial charge < -0.3 is 15.3 Å². The van der Waals surface area contributed by atoms with Crippen LogP contribution in [0.15, 0.2) is 48.5 Å². The van der Waals surface area contributed by atoms with Crippen molar-refractivity contribution in [3.8, 4) is 11.5 Å². The van der Waals surface area contributed by atoms with Crippen LogP contribution in [-0.2, 0) is 6.54 Å². The van der Waals surface area contributed by atoms with Crippen molar-refractivity contribution in [3.05, 3.63) is 54.1 Å². The number of benzene rings is 2. The standard InChI is InChI=1S/C14H13NO4.BrH/c16-11-5-3-4-10(8-11)9-15(14(18)19)12-6-1-2-7-13(12)17;/h1-8,16-17H,9H2,(H,18,19);1H. The molecule has 106 valence electrons. The Bertz CT molecular complexity index is 603. The number of halogens is 1. The molecule has 0 aromatic heterocycles. The number of para-hydroxylation sites is 2. The smallest absolute Gasteiger partial charge is 0.412 e. The van der Waals surface area contributed by atoms with Gasteiger partial charge in [-0.2, -0.15) is 0 Å². The maximum absolute atomic E-state index is 11.3. The molecular formula is C14H14BrNO4. The summed E-state index contributed by atoms with van der Waals surface area (Å²) in [5, 5.41) is 28.3. The molecule has 0 spiro atoms. The maximum Gasteiger partial charge on any atom is 0.412 e. The molecule has 0 bridgehead atoms. The first-order valence-electron chi connectivity index (χ1n) is 5.64. The van der Waals surface area contributed by atoms with Crippen LogP contribution in [-0.4, -0.2) is 21.4 Å². The monoisotopic (exact) mass is 339 g/mol. The van der Waals surface area contributed by atoms with Crippen LogP contribution in [0.2, 0.25) is 0 Å². The lowest BCUT2D eigenvalue weighted by Crippen LogP contribution is -2.28. The first-order valence-corrected chi connectivity index (χ1v) is 5.64. The van der Waals surface area contributed by atoms with Crippen molar-refractivity contribution < 1.29 is 20.1 Å². The molecule has 2 aromatic carbocycles. The van der Waals surface area contributed by atoms with E-state index in [0.717, 1.165) is 4.90 Å². The predicted molar refractivity (Wildman–Crippen MR) is 80.7 cm³/mol. The van der Waals surface area contributed by atoms with Crippen molar-refractivity contribution in [2.75, 3.05) is 4.90 Å². The van der Waals surface area contributed by atoms with E-state index in [1.807, 2.05) is 0 Å². The van der Waals surface area contributed by atoms with Gasteiger partial charge in [0.05, 0.1) is 12.2 Å².